The molecule has 2 N–H and O–H groups in total. The van der Waals surface area contributed by atoms with Crippen LogP contribution >= 0.6 is 0 Å². The molecule has 2 atom stereocenters. The number of hydrogen-bond acceptors (Lipinski definition) is 8. The average Bonchev–Trinajstić information content (AvgIpc) is 3.34. The van der Waals surface area contributed by atoms with Gasteiger partial charge in [-0.2, -0.15) is 0 Å². The zero-order valence-corrected chi connectivity index (χ0v) is 22.7. The minimum Gasteiger partial charge on any atom is -0.466 e. The van der Waals surface area contributed by atoms with E-state index in [2.05, 4.69) is 0 Å². The van der Waals surface area contributed by atoms with Crippen molar-refractivity contribution >= 4 is 23.8 Å². The van der Waals surface area contributed by atoms with Crippen LogP contribution in [0.15, 0.2) is 12.1 Å². The number of rotatable bonds is 6. The molecule has 0 aromatic heterocycles. The second kappa shape index (κ2) is 9.52. The molecule has 38 heavy (non-hydrogen) atoms. The normalized spacial score (nSPS) is 22.9. The standard InChI is InChI=1S/C25H35N3O10/c1-8-36-19(29)12-24(22(2,3)4)13-26(20(30)31)27(21(32)33)25(24,23(5,6)7)11-15-9-17-18(38-14-37-17)10-16(15)28(34)35/h9-10H,8,11-14H2,1-7H3,(H,30,31)(H,32,33)/t24-,25-/m1/s1. The summed E-state index contributed by atoms with van der Waals surface area (Å²) < 4.78 is 16.0. The van der Waals surface area contributed by atoms with Gasteiger partial charge in [0.25, 0.3) is 5.69 Å². The number of nitrogens with zero attached hydrogens (tertiary/aromatic N) is 3. The van der Waals surface area contributed by atoms with Crippen LogP contribution in [0.4, 0.5) is 15.3 Å². The van der Waals surface area contributed by atoms with Crippen molar-refractivity contribution in [2.75, 3.05) is 19.9 Å². The Bertz CT molecular complexity index is 1160. The number of hydrazine groups is 1. The predicted octanol–water partition coefficient (Wildman–Crippen LogP) is 4.53. The first-order chi connectivity index (χ1) is 17.4. The third-order valence-corrected chi connectivity index (χ3v) is 7.86. The Morgan fingerprint density at radius 3 is 2.08 bits per heavy atom. The molecule has 210 valence electrons. The van der Waals surface area contributed by atoms with E-state index in [9.17, 15) is 34.7 Å². The van der Waals surface area contributed by atoms with Crippen LogP contribution in [-0.2, 0) is 16.0 Å². The number of carbonyl (C=O) groups excluding carboxylic acids is 1. The van der Waals surface area contributed by atoms with Crippen LogP contribution in [0, 0.1) is 26.4 Å². The van der Waals surface area contributed by atoms with Crippen molar-refractivity contribution in [3.05, 3.63) is 27.8 Å². The summed E-state index contributed by atoms with van der Waals surface area (Å²) in [5, 5.41) is 34.3. The van der Waals surface area contributed by atoms with Gasteiger partial charge in [-0.15, -0.1) is 0 Å². The predicted molar refractivity (Wildman–Crippen MR) is 133 cm³/mol. The number of benzene rings is 1. The van der Waals surface area contributed by atoms with Crippen LogP contribution in [0.3, 0.4) is 0 Å². The molecule has 0 bridgehead atoms. The Labute approximate surface area is 220 Å². The fourth-order valence-corrected chi connectivity index (χ4v) is 6.17. The van der Waals surface area contributed by atoms with Gasteiger partial charge in [0.15, 0.2) is 11.5 Å². The highest BCUT2D eigenvalue weighted by Gasteiger charge is 2.74. The van der Waals surface area contributed by atoms with E-state index in [0.29, 0.717) is 5.01 Å². The fraction of sp³-hybridized carbons (Fsp3) is 0.640. The molecule has 0 saturated carbocycles. The summed E-state index contributed by atoms with van der Waals surface area (Å²) in [5.74, 6) is -0.210. The first-order valence-electron chi connectivity index (χ1n) is 12.2. The number of carbonyl (C=O) groups is 3. The summed E-state index contributed by atoms with van der Waals surface area (Å²) in [5.41, 5.74) is -5.24. The second-order valence-corrected chi connectivity index (χ2v) is 11.6. The van der Waals surface area contributed by atoms with Crippen LogP contribution in [0.2, 0.25) is 0 Å². The van der Waals surface area contributed by atoms with E-state index in [1.165, 1.54) is 12.1 Å². The number of nitro benzene ring substituents is 1. The third-order valence-electron chi connectivity index (χ3n) is 7.86. The number of hydrogen-bond donors (Lipinski definition) is 2. The monoisotopic (exact) mass is 537 g/mol. The molecule has 13 heteroatoms. The minimum absolute atomic E-state index is 0.0699. The molecule has 3 rings (SSSR count). The van der Waals surface area contributed by atoms with E-state index in [1.54, 1.807) is 48.5 Å². The van der Waals surface area contributed by atoms with Crippen molar-refractivity contribution in [3.8, 4) is 11.5 Å². The highest BCUT2D eigenvalue weighted by atomic mass is 16.7. The molecular formula is C25H35N3O10. The van der Waals surface area contributed by atoms with Crippen molar-refractivity contribution in [3.63, 3.8) is 0 Å². The quantitative estimate of drug-likeness (QED) is 0.299. The van der Waals surface area contributed by atoms with Gasteiger partial charge in [-0.05, 0) is 23.8 Å². The highest BCUT2D eigenvalue weighted by Crippen LogP contribution is 2.64. The van der Waals surface area contributed by atoms with Gasteiger partial charge >= 0.3 is 18.2 Å². The van der Waals surface area contributed by atoms with Crippen molar-refractivity contribution in [2.24, 2.45) is 16.2 Å². The van der Waals surface area contributed by atoms with Crippen molar-refractivity contribution < 1.29 is 43.7 Å². The lowest BCUT2D eigenvalue weighted by Gasteiger charge is -2.59. The zero-order valence-electron chi connectivity index (χ0n) is 22.7. The summed E-state index contributed by atoms with van der Waals surface area (Å²) in [6.07, 6.45) is -3.72. The van der Waals surface area contributed by atoms with E-state index >= 15 is 0 Å². The lowest BCUT2D eigenvalue weighted by molar-refractivity contribution is -0.385. The first-order valence-corrected chi connectivity index (χ1v) is 12.2. The van der Waals surface area contributed by atoms with Gasteiger partial charge in [-0.1, -0.05) is 41.5 Å². The summed E-state index contributed by atoms with van der Waals surface area (Å²) in [6.45, 7) is 11.8. The zero-order chi connectivity index (χ0) is 28.8. The molecular weight excluding hydrogens is 502 g/mol. The van der Waals surface area contributed by atoms with Crippen LogP contribution in [-0.4, -0.2) is 68.8 Å². The maximum absolute atomic E-state index is 13.1. The molecule has 1 aromatic rings. The summed E-state index contributed by atoms with van der Waals surface area (Å²) >= 11 is 0. The summed E-state index contributed by atoms with van der Waals surface area (Å²) in [6, 6.07) is 2.64. The highest BCUT2D eigenvalue weighted by molar-refractivity contribution is 5.77. The molecule has 0 spiro atoms. The summed E-state index contributed by atoms with van der Waals surface area (Å²) in [7, 11) is 0. The van der Waals surface area contributed by atoms with Crippen LogP contribution in [0.1, 0.15) is 60.5 Å². The second-order valence-electron chi connectivity index (χ2n) is 11.6. The fourth-order valence-electron chi connectivity index (χ4n) is 6.17. The molecule has 0 aliphatic carbocycles. The lowest BCUT2D eigenvalue weighted by atomic mass is 9.47. The van der Waals surface area contributed by atoms with E-state index in [0.717, 1.165) is 5.01 Å². The Balaban J connectivity index is 2.46. The van der Waals surface area contributed by atoms with Crippen molar-refractivity contribution in [2.45, 2.75) is 66.8 Å². The van der Waals surface area contributed by atoms with Crippen molar-refractivity contribution in [1.29, 1.82) is 0 Å². The van der Waals surface area contributed by atoms with E-state index in [1.807, 2.05) is 0 Å². The smallest absolute Gasteiger partial charge is 0.427 e. The minimum atomic E-state index is -1.69. The molecule has 1 saturated heterocycles. The third kappa shape index (κ3) is 4.33. The Morgan fingerprint density at radius 2 is 1.63 bits per heavy atom. The maximum atomic E-state index is 13.1. The van der Waals surface area contributed by atoms with Gasteiger partial charge in [0, 0.05) is 17.4 Å². The number of fused-ring (bicyclic) bond motifs is 1. The van der Waals surface area contributed by atoms with Gasteiger partial charge in [-0.3, -0.25) is 14.9 Å². The Hall–Kier alpha value is -3.77. The number of nitro groups is 1. The van der Waals surface area contributed by atoms with Gasteiger partial charge < -0.3 is 24.4 Å². The van der Waals surface area contributed by atoms with E-state index in [-0.39, 0.29) is 55.5 Å². The Morgan fingerprint density at radius 1 is 1.05 bits per heavy atom. The first kappa shape index (κ1) is 28.8. The molecule has 0 radical (unpaired) electrons. The lowest BCUT2D eigenvalue weighted by Crippen LogP contribution is -2.69. The molecule has 13 nitrogen and oxygen atoms in total. The molecule has 1 fully saturated rings. The van der Waals surface area contributed by atoms with Gasteiger partial charge in [-0.25, -0.2) is 19.6 Å². The largest absolute Gasteiger partial charge is 0.466 e. The molecule has 2 amide bonds. The number of esters is 1. The topological polar surface area (TPSA) is 169 Å². The van der Waals surface area contributed by atoms with E-state index < -0.39 is 44.9 Å². The maximum Gasteiger partial charge on any atom is 0.427 e. The number of amides is 2. The van der Waals surface area contributed by atoms with Crippen LogP contribution in [0.5, 0.6) is 11.5 Å². The van der Waals surface area contributed by atoms with Crippen LogP contribution < -0.4 is 9.47 Å². The van der Waals surface area contributed by atoms with Gasteiger partial charge in [0.2, 0.25) is 6.79 Å². The van der Waals surface area contributed by atoms with Gasteiger partial charge in [0.05, 0.1) is 36.1 Å². The molecule has 2 aliphatic heterocycles. The molecule has 2 aliphatic rings. The number of ether oxygens (including phenoxy) is 3. The molecule has 0 unspecified atom stereocenters. The SMILES string of the molecule is CCOC(=O)C[C@]1(C(C)(C)C)CN(C(=O)O)N(C(=O)O)[C@]1(Cc1cc2c(cc1[N+](=O)[O-])OCO2)C(C)(C)C. The summed E-state index contributed by atoms with van der Waals surface area (Å²) in [4.78, 5) is 50.1. The molecule has 2 heterocycles. The molecule has 1 aromatic carbocycles. The van der Waals surface area contributed by atoms with Gasteiger partial charge in [0.1, 0.15) is 0 Å². The Kier molecular flexibility index (Phi) is 7.21. The van der Waals surface area contributed by atoms with Crippen molar-refractivity contribution in [1.82, 2.24) is 10.0 Å². The van der Waals surface area contributed by atoms with Crippen LogP contribution in [0.25, 0.3) is 0 Å². The number of carboxylic acid groups (broad SMARTS) is 2. The van der Waals surface area contributed by atoms with E-state index in [4.69, 9.17) is 14.2 Å². The average molecular weight is 538 g/mol.